The molecule has 162 valence electrons. The van der Waals surface area contributed by atoms with E-state index < -0.39 is 36.0 Å². The molecule has 0 radical (unpaired) electrons. The molecule has 0 aliphatic carbocycles. The SMILES string of the molecule is CCN(CC(NC(=O)c1ccccc1)C(=O)O)C(=O)N1c2ccccc2CC1C(=O)O. The van der Waals surface area contributed by atoms with Crippen molar-refractivity contribution < 1.29 is 29.4 Å². The average Bonchev–Trinajstić information content (AvgIpc) is 3.16. The highest BCUT2D eigenvalue weighted by Crippen LogP contribution is 2.33. The monoisotopic (exact) mass is 425 g/mol. The number of carbonyl (C=O) groups is 4. The molecule has 0 spiro atoms. The Morgan fingerprint density at radius 1 is 1.06 bits per heavy atom. The fourth-order valence-corrected chi connectivity index (χ4v) is 3.55. The second-order valence-electron chi connectivity index (χ2n) is 7.11. The van der Waals surface area contributed by atoms with E-state index in [9.17, 15) is 29.4 Å². The summed E-state index contributed by atoms with van der Waals surface area (Å²) in [5.74, 6) is -3.02. The van der Waals surface area contributed by atoms with Crippen LogP contribution in [0.4, 0.5) is 10.5 Å². The van der Waals surface area contributed by atoms with Crippen LogP contribution in [-0.4, -0.2) is 64.2 Å². The van der Waals surface area contributed by atoms with Gasteiger partial charge < -0.3 is 20.4 Å². The summed E-state index contributed by atoms with van der Waals surface area (Å²) in [6.45, 7) is 1.48. The summed E-state index contributed by atoms with van der Waals surface area (Å²) in [4.78, 5) is 51.6. The number of para-hydroxylation sites is 1. The second kappa shape index (κ2) is 9.29. The Morgan fingerprint density at radius 2 is 1.71 bits per heavy atom. The van der Waals surface area contributed by atoms with E-state index in [1.165, 1.54) is 9.80 Å². The summed E-state index contributed by atoms with van der Waals surface area (Å²) in [6, 6.07) is 12.0. The molecular formula is C22H23N3O6. The average molecular weight is 425 g/mol. The van der Waals surface area contributed by atoms with Gasteiger partial charge >= 0.3 is 18.0 Å². The molecule has 0 fully saturated rings. The Hall–Kier alpha value is -3.88. The van der Waals surface area contributed by atoms with Crippen molar-refractivity contribution in [1.29, 1.82) is 0 Å². The zero-order chi connectivity index (χ0) is 22.5. The predicted molar refractivity (Wildman–Crippen MR) is 112 cm³/mol. The number of amides is 3. The van der Waals surface area contributed by atoms with Crippen molar-refractivity contribution >= 4 is 29.6 Å². The van der Waals surface area contributed by atoms with E-state index in [-0.39, 0.29) is 19.5 Å². The number of urea groups is 1. The molecule has 31 heavy (non-hydrogen) atoms. The Balaban J connectivity index is 1.81. The Bertz CT molecular complexity index is 994. The van der Waals surface area contributed by atoms with Crippen LogP contribution in [0.15, 0.2) is 54.6 Å². The fourth-order valence-electron chi connectivity index (χ4n) is 3.55. The first-order chi connectivity index (χ1) is 14.8. The van der Waals surface area contributed by atoms with Gasteiger partial charge in [-0.25, -0.2) is 14.4 Å². The number of anilines is 1. The predicted octanol–water partition coefficient (Wildman–Crippen LogP) is 1.83. The molecule has 2 aromatic carbocycles. The highest BCUT2D eigenvalue weighted by Gasteiger charge is 2.40. The number of fused-ring (bicyclic) bond motifs is 1. The van der Waals surface area contributed by atoms with Crippen molar-refractivity contribution in [2.45, 2.75) is 25.4 Å². The molecule has 0 aromatic heterocycles. The largest absolute Gasteiger partial charge is 0.480 e. The third kappa shape index (κ3) is 4.66. The van der Waals surface area contributed by atoms with E-state index in [4.69, 9.17) is 0 Å². The first-order valence-electron chi connectivity index (χ1n) is 9.81. The molecular weight excluding hydrogens is 402 g/mol. The van der Waals surface area contributed by atoms with Gasteiger partial charge in [-0.05, 0) is 30.7 Å². The number of aliphatic carboxylic acids is 2. The minimum atomic E-state index is -1.36. The van der Waals surface area contributed by atoms with Crippen LogP contribution in [0.5, 0.6) is 0 Å². The van der Waals surface area contributed by atoms with Crippen LogP contribution in [0, 0.1) is 0 Å². The molecule has 2 aromatic rings. The standard InChI is InChI=1S/C22H23N3O6/c1-2-24(13-16(20(27)28)23-19(26)14-8-4-3-5-9-14)22(31)25-17-11-7-6-10-15(17)12-18(25)21(29)30/h3-11,16,18H,2,12-13H2,1H3,(H,23,26)(H,27,28)(H,29,30). The second-order valence-corrected chi connectivity index (χ2v) is 7.11. The topological polar surface area (TPSA) is 127 Å². The van der Waals surface area contributed by atoms with Crippen LogP contribution >= 0.6 is 0 Å². The molecule has 3 amide bonds. The van der Waals surface area contributed by atoms with Crippen LogP contribution in [0.25, 0.3) is 0 Å². The van der Waals surface area contributed by atoms with E-state index in [0.29, 0.717) is 11.3 Å². The highest BCUT2D eigenvalue weighted by molar-refractivity contribution is 6.01. The van der Waals surface area contributed by atoms with Gasteiger partial charge in [-0.2, -0.15) is 0 Å². The fraction of sp³-hybridized carbons (Fsp3) is 0.273. The van der Waals surface area contributed by atoms with Crippen molar-refractivity contribution in [1.82, 2.24) is 10.2 Å². The van der Waals surface area contributed by atoms with Gasteiger partial charge in [0.15, 0.2) is 0 Å². The van der Waals surface area contributed by atoms with E-state index in [0.717, 1.165) is 5.56 Å². The molecule has 2 atom stereocenters. The van der Waals surface area contributed by atoms with Gasteiger partial charge in [0.1, 0.15) is 12.1 Å². The van der Waals surface area contributed by atoms with E-state index in [2.05, 4.69) is 5.32 Å². The molecule has 0 saturated carbocycles. The lowest BCUT2D eigenvalue weighted by Crippen LogP contribution is -2.55. The first kappa shape index (κ1) is 21.8. The molecule has 2 unspecified atom stereocenters. The number of carbonyl (C=O) groups excluding carboxylic acids is 2. The number of benzene rings is 2. The van der Waals surface area contributed by atoms with Gasteiger partial charge in [0.2, 0.25) is 0 Å². The van der Waals surface area contributed by atoms with Crippen molar-refractivity contribution in [2.24, 2.45) is 0 Å². The number of nitrogens with zero attached hydrogens (tertiary/aromatic N) is 2. The van der Waals surface area contributed by atoms with Crippen molar-refractivity contribution in [3.63, 3.8) is 0 Å². The van der Waals surface area contributed by atoms with Gasteiger partial charge in [0, 0.05) is 24.2 Å². The molecule has 0 saturated heterocycles. The van der Waals surface area contributed by atoms with E-state index in [1.807, 2.05) is 0 Å². The smallest absolute Gasteiger partial charge is 0.328 e. The number of hydrogen-bond donors (Lipinski definition) is 3. The van der Waals surface area contributed by atoms with Gasteiger partial charge in [0.25, 0.3) is 5.91 Å². The summed E-state index contributed by atoms with van der Waals surface area (Å²) in [5.41, 5.74) is 1.51. The highest BCUT2D eigenvalue weighted by atomic mass is 16.4. The van der Waals surface area contributed by atoms with Crippen LogP contribution in [0.2, 0.25) is 0 Å². The van der Waals surface area contributed by atoms with Gasteiger partial charge in [0.05, 0.1) is 6.54 Å². The molecule has 3 N–H and O–H groups in total. The maximum absolute atomic E-state index is 13.3. The third-order valence-corrected chi connectivity index (χ3v) is 5.16. The zero-order valence-electron chi connectivity index (χ0n) is 16.9. The normalized spacial score (nSPS) is 15.6. The van der Waals surface area contributed by atoms with Crippen molar-refractivity contribution in [3.8, 4) is 0 Å². The molecule has 9 nitrogen and oxygen atoms in total. The summed E-state index contributed by atoms with van der Waals surface area (Å²) in [7, 11) is 0. The van der Waals surface area contributed by atoms with Crippen LogP contribution < -0.4 is 10.2 Å². The Kier molecular flexibility index (Phi) is 6.54. The van der Waals surface area contributed by atoms with Crippen LogP contribution in [-0.2, 0) is 16.0 Å². The number of rotatable bonds is 7. The minimum absolute atomic E-state index is 0.134. The Morgan fingerprint density at radius 3 is 2.32 bits per heavy atom. The first-order valence-corrected chi connectivity index (χ1v) is 9.81. The number of nitrogens with one attached hydrogen (secondary N) is 1. The number of likely N-dealkylation sites (N-methyl/N-ethyl adjacent to an activating group) is 1. The lowest BCUT2D eigenvalue weighted by molar-refractivity contribution is -0.140. The maximum atomic E-state index is 13.3. The van der Waals surface area contributed by atoms with Crippen LogP contribution in [0.1, 0.15) is 22.8 Å². The summed E-state index contributed by atoms with van der Waals surface area (Å²) in [5, 5.41) is 21.6. The quantitative estimate of drug-likeness (QED) is 0.621. The molecule has 0 bridgehead atoms. The van der Waals surface area contributed by atoms with Gasteiger partial charge in [-0.15, -0.1) is 0 Å². The summed E-state index contributed by atoms with van der Waals surface area (Å²) >= 11 is 0. The molecule has 9 heteroatoms. The van der Waals surface area contributed by atoms with Gasteiger partial charge in [-0.3, -0.25) is 9.69 Å². The number of carboxylic acid groups (broad SMARTS) is 2. The van der Waals surface area contributed by atoms with E-state index in [1.54, 1.807) is 61.5 Å². The number of carboxylic acids is 2. The van der Waals surface area contributed by atoms with E-state index >= 15 is 0 Å². The molecule has 1 aliphatic rings. The minimum Gasteiger partial charge on any atom is -0.480 e. The lowest BCUT2D eigenvalue weighted by atomic mass is 10.1. The number of hydrogen-bond acceptors (Lipinski definition) is 4. The van der Waals surface area contributed by atoms with Crippen molar-refractivity contribution in [3.05, 3.63) is 65.7 Å². The van der Waals surface area contributed by atoms with Crippen molar-refractivity contribution in [2.75, 3.05) is 18.0 Å². The summed E-state index contributed by atoms with van der Waals surface area (Å²) < 4.78 is 0. The zero-order valence-corrected chi connectivity index (χ0v) is 16.9. The Labute approximate surface area is 178 Å². The summed E-state index contributed by atoms with van der Waals surface area (Å²) in [6.07, 6.45) is 0.169. The lowest BCUT2D eigenvalue weighted by Gasteiger charge is -2.31. The molecule has 1 aliphatic heterocycles. The van der Waals surface area contributed by atoms with Crippen LogP contribution in [0.3, 0.4) is 0 Å². The molecule has 1 heterocycles. The third-order valence-electron chi connectivity index (χ3n) is 5.16. The molecule has 3 rings (SSSR count). The van der Waals surface area contributed by atoms with Gasteiger partial charge in [-0.1, -0.05) is 36.4 Å². The maximum Gasteiger partial charge on any atom is 0.328 e.